The van der Waals surface area contributed by atoms with E-state index in [2.05, 4.69) is 43.1 Å². The Balaban J connectivity index is 2.34. The number of amidine groups is 1. The van der Waals surface area contributed by atoms with Gasteiger partial charge in [-0.05, 0) is 24.0 Å². The first-order valence-electron chi connectivity index (χ1n) is 5.77. The molecule has 0 saturated carbocycles. The summed E-state index contributed by atoms with van der Waals surface area (Å²) in [4.78, 5) is 4.44. The van der Waals surface area contributed by atoms with Crippen molar-refractivity contribution in [1.82, 2.24) is 0 Å². The van der Waals surface area contributed by atoms with Gasteiger partial charge in [0, 0.05) is 0 Å². The third-order valence-corrected chi connectivity index (χ3v) is 3.27. The highest BCUT2D eigenvalue weighted by Crippen LogP contribution is 2.33. The molecule has 1 aliphatic heterocycles. The Bertz CT molecular complexity index is 397. The van der Waals surface area contributed by atoms with E-state index in [1.54, 1.807) is 0 Å². The predicted molar refractivity (Wildman–Crippen MR) is 65.4 cm³/mol. The molecule has 0 aromatic heterocycles. The molecular formula is C13H18N2O. The zero-order chi connectivity index (χ0) is 11.6. The normalized spacial score (nSPS) is 24.0. The van der Waals surface area contributed by atoms with Crippen LogP contribution in [0.4, 0.5) is 0 Å². The van der Waals surface area contributed by atoms with Crippen LogP contribution in [0.5, 0.6) is 0 Å². The molecule has 0 aliphatic carbocycles. The van der Waals surface area contributed by atoms with Gasteiger partial charge >= 0.3 is 0 Å². The van der Waals surface area contributed by atoms with Crippen LogP contribution in [0, 0.1) is 0 Å². The first-order valence-corrected chi connectivity index (χ1v) is 5.77. The van der Waals surface area contributed by atoms with Gasteiger partial charge < -0.3 is 10.5 Å². The molecule has 16 heavy (non-hydrogen) atoms. The van der Waals surface area contributed by atoms with Gasteiger partial charge in [0.25, 0.3) is 6.02 Å². The maximum Gasteiger partial charge on any atom is 0.283 e. The van der Waals surface area contributed by atoms with Crippen molar-refractivity contribution in [2.75, 3.05) is 6.61 Å². The number of hydrogen-bond donors (Lipinski definition) is 1. The summed E-state index contributed by atoms with van der Waals surface area (Å²) in [5, 5.41) is 0. The first kappa shape index (κ1) is 11.0. The number of nitrogens with zero attached hydrogens (tertiary/aromatic N) is 1. The van der Waals surface area contributed by atoms with E-state index in [1.807, 2.05) is 0 Å². The largest absolute Gasteiger partial charge is 0.462 e. The minimum absolute atomic E-state index is 0.268. The van der Waals surface area contributed by atoms with Gasteiger partial charge in [-0.1, -0.05) is 38.1 Å². The van der Waals surface area contributed by atoms with E-state index >= 15 is 0 Å². The molecule has 86 valence electrons. The van der Waals surface area contributed by atoms with Crippen molar-refractivity contribution in [2.45, 2.75) is 32.2 Å². The molecule has 0 radical (unpaired) electrons. The monoisotopic (exact) mass is 218 g/mol. The van der Waals surface area contributed by atoms with Crippen LogP contribution in [0.1, 0.15) is 31.4 Å². The SMILES string of the molecule is CCc1ccc(C2(CC)COC(N)=N2)cc1. The molecule has 1 heterocycles. The van der Waals surface area contributed by atoms with Gasteiger partial charge in [-0.15, -0.1) is 0 Å². The van der Waals surface area contributed by atoms with Gasteiger partial charge in [0.2, 0.25) is 0 Å². The van der Waals surface area contributed by atoms with Crippen LogP contribution in [-0.4, -0.2) is 12.6 Å². The molecular weight excluding hydrogens is 200 g/mol. The lowest BCUT2D eigenvalue weighted by atomic mass is 9.88. The molecule has 1 unspecified atom stereocenters. The maximum atomic E-state index is 5.61. The number of nitrogens with two attached hydrogens (primary N) is 1. The van der Waals surface area contributed by atoms with Crippen molar-refractivity contribution in [2.24, 2.45) is 10.7 Å². The number of ether oxygens (including phenoxy) is 1. The summed E-state index contributed by atoms with van der Waals surface area (Å²) in [6.07, 6.45) is 1.96. The topological polar surface area (TPSA) is 47.6 Å². The van der Waals surface area contributed by atoms with Gasteiger partial charge in [0.15, 0.2) is 0 Å². The van der Waals surface area contributed by atoms with Crippen LogP contribution in [0.15, 0.2) is 29.3 Å². The van der Waals surface area contributed by atoms with E-state index in [4.69, 9.17) is 10.5 Å². The second kappa shape index (κ2) is 4.16. The van der Waals surface area contributed by atoms with Crippen LogP contribution < -0.4 is 5.73 Å². The fourth-order valence-electron chi connectivity index (χ4n) is 2.05. The van der Waals surface area contributed by atoms with Crippen LogP contribution in [0.3, 0.4) is 0 Å². The molecule has 1 aromatic rings. The number of aliphatic imine (C=N–C) groups is 1. The van der Waals surface area contributed by atoms with E-state index in [-0.39, 0.29) is 5.54 Å². The van der Waals surface area contributed by atoms with E-state index in [9.17, 15) is 0 Å². The maximum absolute atomic E-state index is 5.61. The highest BCUT2D eigenvalue weighted by atomic mass is 16.5. The Hall–Kier alpha value is -1.51. The van der Waals surface area contributed by atoms with E-state index in [0.29, 0.717) is 12.6 Å². The average molecular weight is 218 g/mol. The van der Waals surface area contributed by atoms with Crippen molar-refractivity contribution in [3.8, 4) is 0 Å². The molecule has 2 N–H and O–H groups in total. The Morgan fingerprint density at radius 2 is 2.00 bits per heavy atom. The van der Waals surface area contributed by atoms with E-state index in [0.717, 1.165) is 12.8 Å². The Morgan fingerprint density at radius 3 is 2.44 bits per heavy atom. The lowest BCUT2D eigenvalue weighted by molar-refractivity contribution is 0.249. The van der Waals surface area contributed by atoms with Gasteiger partial charge in [-0.2, -0.15) is 0 Å². The molecule has 0 fully saturated rings. The summed E-state index contributed by atoms with van der Waals surface area (Å²) in [6, 6.07) is 8.87. The average Bonchev–Trinajstić information content (AvgIpc) is 2.72. The Kier molecular flexibility index (Phi) is 2.86. The molecule has 2 rings (SSSR count). The standard InChI is InChI=1S/C13H18N2O/c1-3-10-5-7-11(8-6-10)13(4-2)9-16-12(14)15-13/h5-8H,3-4,9H2,1-2H3,(H2,14,15). The Morgan fingerprint density at radius 1 is 1.31 bits per heavy atom. The van der Waals surface area contributed by atoms with Crippen molar-refractivity contribution < 1.29 is 4.74 Å². The van der Waals surface area contributed by atoms with Crippen molar-refractivity contribution in [3.63, 3.8) is 0 Å². The second-order valence-corrected chi connectivity index (χ2v) is 4.17. The van der Waals surface area contributed by atoms with Gasteiger partial charge in [0.05, 0.1) is 0 Å². The van der Waals surface area contributed by atoms with Gasteiger partial charge in [-0.25, -0.2) is 4.99 Å². The zero-order valence-corrected chi connectivity index (χ0v) is 9.86. The summed E-state index contributed by atoms with van der Waals surface area (Å²) in [7, 11) is 0. The smallest absolute Gasteiger partial charge is 0.283 e. The summed E-state index contributed by atoms with van der Waals surface area (Å²) < 4.78 is 5.30. The minimum atomic E-state index is -0.268. The quantitative estimate of drug-likeness (QED) is 0.845. The van der Waals surface area contributed by atoms with E-state index in [1.165, 1.54) is 11.1 Å². The highest BCUT2D eigenvalue weighted by molar-refractivity contribution is 5.74. The summed E-state index contributed by atoms with van der Waals surface area (Å²) >= 11 is 0. The fraction of sp³-hybridized carbons (Fsp3) is 0.462. The second-order valence-electron chi connectivity index (χ2n) is 4.17. The van der Waals surface area contributed by atoms with E-state index < -0.39 is 0 Å². The third kappa shape index (κ3) is 1.77. The van der Waals surface area contributed by atoms with Crippen molar-refractivity contribution in [1.29, 1.82) is 0 Å². The molecule has 0 bridgehead atoms. The van der Waals surface area contributed by atoms with Crippen molar-refractivity contribution in [3.05, 3.63) is 35.4 Å². The van der Waals surface area contributed by atoms with Crippen LogP contribution in [-0.2, 0) is 16.7 Å². The van der Waals surface area contributed by atoms with Gasteiger partial charge in [0.1, 0.15) is 12.1 Å². The number of hydrogen-bond acceptors (Lipinski definition) is 3. The summed E-state index contributed by atoms with van der Waals surface area (Å²) in [5.41, 5.74) is 7.87. The van der Waals surface area contributed by atoms with Gasteiger partial charge in [-0.3, -0.25) is 0 Å². The predicted octanol–water partition coefficient (Wildman–Crippen LogP) is 2.20. The van der Waals surface area contributed by atoms with Crippen molar-refractivity contribution >= 4 is 6.02 Å². The van der Waals surface area contributed by atoms with Crippen LogP contribution in [0.25, 0.3) is 0 Å². The Labute approximate surface area is 96.3 Å². The zero-order valence-electron chi connectivity index (χ0n) is 9.86. The molecule has 0 spiro atoms. The molecule has 1 atom stereocenters. The third-order valence-electron chi connectivity index (χ3n) is 3.27. The molecule has 1 aromatic carbocycles. The lowest BCUT2D eigenvalue weighted by Gasteiger charge is -2.22. The number of benzene rings is 1. The minimum Gasteiger partial charge on any atom is -0.462 e. The molecule has 0 saturated heterocycles. The lowest BCUT2D eigenvalue weighted by Crippen LogP contribution is -2.24. The first-order chi connectivity index (χ1) is 7.70. The summed E-state index contributed by atoms with van der Waals surface area (Å²) in [6.45, 7) is 4.82. The van der Waals surface area contributed by atoms with Crippen LogP contribution in [0.2, 0.25) is 0 Å². The molecule has 0 amide bonds. The fourth-order valence-corrected chi connectivity index (χ4v) is 2.05. The number of rotatable bonds is 3. The molecule has 1 aliphatic rings. The highest BCUT2D eigenvalue weighted by Gasteiger charge is 2.35. The summed E-state index contributed by atoms with van der Waals surface area (Å²) in [5.74, 6) is 0. The van der Waals surface area contributed by atoms with Crippen LogP contribution >= 0.6 is 0 Å². The molecule has 3 nitrogen and oxygen atoms in total. The molecule has 3 heteroatoms. The number of aryl methyl sites for hydroxylation is 1.